The fraction of sp³-hybridized carbons (Fsp3) is 0.250. The summed E-state index contributed by atoms with van der Waals surface area (Å²) in [4.78, 5) is 18.4. The number of rotatable bonds is 3. The predicted octanol–water partition coefficient (Wildman–Crippen LogP) is 2.93. The Balaban J connectivity index is 1.74. The normalized spacial score (nSPS) is 14.3. The Labute approximate surface area is 118 Å². The van der Waals surface area contributed by atoms with Crippen LogP contribution in [-0.2, 0) is 0 Å². The number of carbonyl (C=O) groups excluding carboxylic acids is 1. The number of pyridine rings is 1. The van der Waals surface area contributed by atoms with E-state index >= 15 is 0 Å². The van der Waals surface area contributed by atoms with E-state index in [-0.39, 0.29) is 5.91 Å². The van der Waals surface area contributed by atoms with Gasteiger partial charge in [0.15, 0.2) is 0 Å². The Morgan fingerprint density at radius 2 is 2.00 bits per heavy atom. The standard InChI is InChI=1S/C16H17N3O/c20-16(13-5-4-8-17-12-13)18-14-6-3-7-15(11-14)19-9-1-2-10-19/h3-8,11-12H,1-2,9-10H2,(H,18,20). The molecular formula is C16H17N3O. The molecule has 20 heavy (non-hydrogen) atoms. The van der Waals surface area contributed by atoms with Gasteiger partial charge in [0.05, 0.1) is 5.56 Å². The largest absolute Gasteiger partial charge is 0.371 e. The minimum atomic E-state index is -0.128. The van der Waals surface area contributed by atoms with Gasteiger partial charge in [-0.2, -0.15) is 0 Å². The number of hydrogen-bond donors (Lipinski definition) is 1. The van der Waals surface area contributed by atoms with Crippen molar-refractivity contribution in [2.75, 3.05) is 23.3 Å². The second kappa shape index (κ2) is 5.74. The molecule has 0 saturated carbocycles. The predicted molar refractivity (Wildman–Crippen MR) is 80.1 cm³/mol. The molecule has 1 aliphatic heterocycles. The van der Waals surface area contributed by atoms with Gasteiger partial charge in [0.25, 0.3) is 5.91 Å². The van der Waals surface area contributed by atoms with Crippen molar-refractivity contribution in [2.24, 2.45) is 0 Å². The van der Waals surface area contributed by atoms with Crippen LogP contribution in [0.3, 0.4) is 0 Å². The average molecular weight is 267 g/mol. The third-order valence-electron chi connectivity index (χ3n) is 3.50. The van der Waals surface area contributed by atoms with Gasteiger partial charge in [0.1, 0.15) is 0 Å². The van der Waals surface area contributed by atoms with Crippen LogP contribution in [0, 0.1) is 0 Å². The molecule has 0 bridgehead atoms. The van der Waals surface area contributed by atoms with Gasteiger partial charge in [-0.3, -0.25) is 9.78 Å². The van der Waals surface area contributed by atoms with Crippen LogP contribution in [0.25, 0.3) is 0 Å². The van der Waals surface area contributed by atoms with E-state index in [4.69, 9.17) is 0 Å². The average Bonchev–Trinajstić information content (AvgIpc) is 3.03. The minimum absolute atomic E-state index is 0.128. The fourth-order valence-electron chi connectivity index (χ4n) is 2.46. The molecular weight excluding hydrogens is 250 g/mol. The number of nitrogens with one attached hydrogen (secondary N) is 1. The van der Waals surface area contributed by atoms with Crippen LogP contribution in [0.2, 0.25) is 0 Å². The molecule has 1 aromatic heterocycles. The van der Waals surface area contributed by atoms with Crippen molar-refractivity contribution in [3.05, 3.63) is 54.4 Å². The van der Waals surface area contributed by atoms with E-state index in [1.807, 2.05) is 18.2 Å². The molecule has 1 aliphatic rings. The second-order valence-corrected chi connectivity index (χ2v) is 4.94. The lowest BCUT2D eigenvalue weighted by Gasteiger charge is -2.18. The zero-order chi connectivity index (χ0) is 13.8. The number of carbonyl (C=O) groups is 1. The molecule has 1 aromatic carbocycles. The summed E-state index contributed by atoms with van der Waals surface area (Å²) in [7, 11) is 0. The Kier molecular flexibility index (Phi) is 3.63. The molecule has 102 valence electrons. The van der Waals surface area contributed by atoms with E-state index in [9.17, 15) is 4.79 Å². The number of nitrogens with zero attached hydrogens (tertiary/aromatic N) is 2. The van der Waals surface area contributed by atoms with Crippen molar-refractivity contribution in [3.63, 3.8) is 0 Å². The molecule has 0 spiro atoms. The number of aromatic nitrogens is 1. The number of benzene rings is 1. The maximum atomic E-state index is 12.1. The zero-order valence-corrected chi connectivity index (χ0v) is 11.2. The highest BCUT2D eigenvalue weighted by molar-refractivity contribution is 6.04. The van der Waals surface area contributed by atoms with Crippen LogP contribution in [0.4, 0.5) is 11.4 Å². The summed E-state index contributed by atoms with van der Waals surface area (Å²) in [6.45, 7) is 2.19. The van der Waals surface area contributed by atoms with Crippen LogP contribution in [-0.4, -0.2) is 24.0 Å². The first kappa shape index (κ1) is 12.7. The van der Waals surface area contributed by atoms with Crippen molar-refractivity contribution < 1.29 is 4.79 Å². The van der Waals surface area contributed by atoms with Gasteiger partial charge < -0.3 is 10.2 Å². The van der Waals surface area contributed by atoms with Gasteiger partial charge in [-0.15, -0.1) is 0 Å². The highest BCUT2D eigenvalue weighted by atomic mass is 16.1. The van der Waals surface area contributed by atoms with Crippen LogP contribution < -0.4 is 10.2 Å². The van der Waals surface area contributed by atoms with Gasteiger partial charge in [0, 0.05) is 36.9 Å². The monoisotopic (exact) mass is 267 g/mol. The third-order valence-corrected chi connectivity index (χ3v) is 3.50. The number of anilines is 2. The van der Waals surface area contributed by atoms with Gasteiger partial charge in [-0.05, 0) is 43.2 Å². The van der Waals surface area contributed by atoms with Crippen LogP contribution in [0.15, 0.2) is 48.8 Å². The molecule has 0 atom stereocenters. The molecule has 1 amide bonds. The fourth-order valence-corrected chi connectivity index (χ4v) is 2.46. The summed E-state index contributed by atoms with van der Waals surface area (Å²) in [6, 6.07) is 11.5. The summed E-state index contributed by atoms with van der Waals surface area (Å²) in [5.41, 5.74) is 2.56. The highest BCUT2D eigenvalue weighted by Crippen LogP contribution is 2.23. The molecule has 1 fully saturated rings. The van der Waals surface area contributed by atoms with E-state index in [1.165, 1.54) is 18.5 Å². The lowest BCUT2D eigenvalue weighted by Crippen LogP contribution is -2.18. The molecule has 0 radical (unpaired) electrons. The quantitative estimate of drug-likeness (QED) is 0.930. The molecule has 1 N–H and O–H groups in total. The topological polar surface area (TPSA) is 45.2 Å². The lowest BCUT2D eigenvalue weighted by molar-refractivity contribution is 0.102. The molecule has 2 aromatic rings. The zero-order valence-electron chi connectivity index (χ0n) is 11.2. The van der Waals surface area contributed by atoms with Gasteiger partial charge in [-0.25, -0.2) is 0 Å². The first-order valence-electron chi connectivity index (χ1n) is 6.89. The van der Waals surface area contributed by atoms with Crippen molar-refractivity contribution in [1.82, 2.24) is 4.98 Å². The summed E-state index contributed by atoms with van der Waals surface area (Å²) in [5, 5.41) is 2.92. The molecule has 2 heterocycles. The maximum Gasteiger partial charge on any atom is 0.257 e. The first-order chi connectivity index (χ1) is 9.83. The summed E-state index contributed by atoms with van der Waals surface area (Å²) in [6.07, 6.45) is 5.71. The molecule has 4 nitrogen and oxygen atoms in total. The SMILES string of the molecule is O=C(Nc1cccc(N2CCCC2)c1)c1cccnc1. The van der Waals surface area contributed by atoms with Gasteiger partial charge in [-0.1, -0.05) is 6.07 Å². The third kappa shape index (κ3) is 2.79. The van der Waals surface area contributed by atoms with E-state index in [0.717, 1.165) is 18.8 Å². The van der Waals surface area contributed by atoms with Gasteiger partial charge >= 0.3 is 0 Å². The number of hydrogen-bond acceptors (Lipinski definition) is 3. The Morgan fingerprint density at radius 1 is 1.15 bits per heavy atom. The van der Waals surface area contributed by atoms with Gasteiger partial charge in [0.2, 0.25) is 0 Å². The van der Waals surface area contributed by atoms with Crippen LogP contribution in [0.1, 0.15) is 23.2 Å². The minimum Gasteiger partial charge on any atom is -0.371 e. The van der Waals surface area contributed by atoms with Crippen molar-refractivity contribution >= 4 is 17.3 Å². The maximum absolute atomic E-state index is 12.1. The Bertz CT molecular complexity index is 592. The Hall–Kier alpha value is -2.36. The van der Waals surface area contributed by atoms with Crippen molar-refractivity contribution in [1.29, 1.82) is 0 Å². The van der Waals surface area contributed by atoms with E-state index < -0.39 is 0 Å². The summed E-state index contributed by atoms with van der Waals surface area (Å²) < 4.78 is 0. The second-order valence-electron chi connectivity index (χ2n) is 4.94. The molecule has 4 heteroatoms. The van der Waals surface area contributed by atoms with E-state index in [2.05, 4.69) is 21.3 Å². The lowest BCUT2D eigenvalue weighted by atomic mass is 10.2. The first-order valence-corrected chi connectivity index (χ1v) is 6.89. The Morgan fingerprint density at radius 3 is 2.75 bits per heavy atom. The van der Waals surface area contributed by atoms with E-state index in [1.54, 1.807) is 24.5 Å². The molecule has 1 saturated heterocycles. The highest BCUT2D eigenvalue weighted by Gasteiger charge is 2.13. The smallest absolute Gasteiger partial charge is 0.257 e. The molecule has 3 rings (SSSR count). The molecule has 0 unspecified atom stereocenters. The van der Waals surface area contributed by atoms with Crippen molar-refractivity contribution in [2.45, 2.75) is 12.8 Å². The number of amides is 1. The van der Waals surface area contributed by atoms with Crippen LogP contribution in [0.5, 0.6) is 0 Å². The molecule has 0 aliphatic carbocycles. The van der Waals surface area contributed by atoms with Crippen molar-refractivity contribution in [3.8, 4) is 0 Å². The van der Waals surface area contributed by atoms with E-state index in [0.29, 0.717) is 5.56 Å². The van der Waals surface area contributed by atoms with Crippen LogP contribution >= 0.6 is 0 Å². The summed E-state index contributed by atoms with van der Waals surface area (Å²) >= 11 is 0. The summed E-state index contributed by atoms with van der Waals surface area (Å²) in [5.74, 6) is -0.128.